The summed E-state index contributed by atoms with van der Waals surface area (Å²) in [6, 6.07) is 9.25. The van der Waals surface area contributed by atoms with E-state index in [0.717, 1.165) is 6.42 Å². The highest BCUT2D eigenvalue weighted by Crippen LogP contribution is 2.42. The Morgan fingerprint density at radius 2 is 1.97 bits per heavy atom. The molecule has 0 spiro atoms. The van der Waals surface area contributed by atoms with E-state index in [4.69, 9.17) is 38.0 Å². The van der Waals surface area contributed by atoms with E-state index >= 15 is 0 Å². The predicted octanol–water partition coefficient (Wildman–Crippen LogP) is 4.21. The molecule has 0 radical (unpaired) electrons. The number of carbonyl (C=O) groups excluding carboxylic acids is 2. The predicted molar refractivity (Wildman–Crippen MR) is 134 cm³/mol. The summed E-state index contributed by atoms with van der Waals surface area (Å²) < 4.78 is 16.3. The van der Waals surface area contributed by atoms with Gasteiger partial charge in [0.1, 0.15) is 5.92 Å². The SMILES string of the molecule is C=C1NC(=S)N[C@@H](c2cc(Cl)cc(OC)c2OCCC)[C@H]1C(=O)Nc1ccccc1C(=O)OC. The molecule has 2 aromatic carbocycles. The molecule has 3 N–H and O–H groups in total. The third-order valence-electron chi connectivity index (χ3n) is 5.20. The fraction of sp³-hybridized carbons (Fsp3) is 0.292. The first-order valence-electron chi connectivity index (χ1n) is 10.5. The van der Waals surface area contributed by atoms with E-state index < -0.39 is 23.8 Å². The van der Waals surface area contributed by atoms with Crippen molar-refractivity contribution in [2.24, 2.45) is 5.92 Å². The Labute approximate surface area is 208 Å². The molecule has 1 saturated heterocycles. The second-order valence-corrected chi connectivity index (χ2v) is 8.33. The summed E-state index contributed by atoms with van der Waals surface area (Å²) in [7, 11) is 2.79. The van der Waals surface area contributed by atoms with Crippen LogP contribution in [0.1, 0.15) is 35.3 Å². The zero-order valence-electron chi connectivity index (χ0n) is 19.1. The Morgan fingerprint density at radius 3 is 2.65 bits per heavy atom. The van der Waals surface area contributed by atoms with Crippen molar-refractivity contribution >= 4 is 46.5 Å². The number of anilines is 1. The molecule has 1 aliphatic heterocycles. The molecule has 0 aromatic heterocycles. The lowest BCUT2D eigenvalue weighted by molar-refractivity contribution is -0.119. The van der Waals surface area contributed by atoms with Crippen LogP contribution in [0.4, 0.5) is 5.69 Å². The van der Waals surface area contributed by atoms with Crippen LogP contribution in [-0.2, 0) is 9.53 Å². The molecule has 180 valence electrons. The minimum atomic E-state index is -0.843. The number of amides is 1. The fourth-order valence-electron chi connectivity index (χ4n) is 3.67. The van der Waals surface area contributed by atoms with Crippen molar-refractivity contribution in [2.45, 2.75) is 19.4 Å². The maximum absolute atomic E-state index is 13.5. The Balaban J connectivity index is 2.05. The number of benzene rings is 2. The standard InChI is InChI=1S/C24H26ClN3O5S/c1-5-10-33-21-16(11-14(25)12-18(21)31-3)20-19(13(2)26-24(34)28-20)22(29)27-17-9-7-6-8-15(17)23(30)32-4/h6-9,11-12,19-20H,2,5,10H2,1,3-4H3,(H,27,29)(H2,26,28,34)/t19-,20-/m0/s1. The third-order valence-corrected chi connectivity index (χ3v) is 5.63. The molecular weight excluding hydrogens is 478 g/mol. The van der Waals surface area contributed by atoms with E-state index in [0.29, 0.717) is 45.2 Å². The lowest BCUT2D eigenvalue weighted by Gasteiger charge is -2.36. The van der Waals surface area contributed by atoms with Gasteiger partial charge < -0.3 is 30.2 Å². The molecule has 1 heterocycles. The minimum Gasteiger partial charge on any atom is -0.493 e. The maximum atomic E-state index is 13.5. The molecule has 1 fully saturated rings. The van der Waals surface area contributed by atoms with Gasteiger partial charge in [-0.25, -0.2) is 4.79 Å². The van der Waals surface area contributed by atoms with E-state index in [-0.39, 0.29) is 5.56 Å². The van der Waals surface area contributed by atoms with Gasteiger partial charge in [0.2, 0.25) is 5.91 Å². The number of rotatable bonds is 8. The number of halogens is 1. The van der Waals surface area contributed by atoms with Crippen LogP contribution in [0.15, 0.2) is 48.7 Å². The van der Waals surface area contributed by atoms with E-state index in [1.54, 1.807) is 36.4 Å². The van der Waals surface area contributed by atoms with Gasteiger partial charge in [-0.1, -0.05) is 37.2 Å². The normalized spacial score (nSPS) is 17.3. The van der Waals surface area contributed by atoms with Crippen LogP contribution >= 0.6 is 23.8 Å². The van der Waals surface area contributed by atoms with Crippen molar-refractivity contribution in [3.63, 3.8) is 0 Å². The molecule has 0 unspecified atom stereocenters. The van der Waals surface area contributed by atoms with Crippen LogP contribution in [0.2, 0.25) is 5.02 Å². The third kappa shape index (κ3) is 5.43. The number of esters is 1. The molecule has 34 heavy (non-hydrogen) atoms. The lowest BCUT2D eigenvalue weighted by Crippen LogP contribution is -2.51. The van der Waals surface area contributed by atoms with Crippen LogP contribution in [0, 0.1) is 5.92 Å². The molecule has 1 amide bonds. The number of thiocarbonyl (C=S) groups is 1. The molecular formula is C24H26ClN3O5S. The van der Waals surface area contributed by atoms with Crippen molar-refractivity contribution in [3.05, 3.63) is 64.8 Å². The molecule has 3 rings (SSSR count). The van der Waals surface area contributed by atoms with Gasteiger partial charge in [0.15, 0.2) is 16.6 Å². The van der Waals surface area contributed by atoms with Crippen molar-refractivity contribution in [1.82, 2.24) is 10.6 Å². The monoisotopic (exact) mass is 503 g/mol. The zero-order valence-corrected chi connectivity index (χ0v) is 20.6. The first-order valence-corrected chi connectivity index (χ1v) is 11.3. The molecule has 0 saturated carbocycles. The molecule has 0 aliphatic carbocycles. The van der Waals surface area contributed by atoms with E-state index in [1.807, 2.05) is 6.92 Å². The number of ether oxygens (including phenoxy) is 3. The Hall–Kier alpha value is -3.30. The first-order chi connectivity index (χ1) is 16.3. The van der Waals surface area contributed by atoms with Gasteiger partial charge in [0, 0.05) is 22.3 Å². The molecule has 0 bridgehead atoms. The summed E-state index contributed by atoms with van der Waals surface area (Å²) in [6.07, 6.45) is 0.768. The van der Waals surface area contributed by atoms with Gasteiger partial charge >= 0.3 is 5.97 Å². The average molecular weight is 504 g/mol. The maximum Gasteiger partial charge on any atom is 0.339 e. The minimum absolute atomic E-state index is 0.226. The summed E-state index contributed by atoms with van der Waals surface area (Å²) in [5.41, 5.74) is 1.50. The molecule has 2 aromatic rings. The number of methoxy groups -OCH3 is 2. The molecule has 8 nitrogen and oxygen atoms in total. The van der Waals surface area contributed by atoms with E-state index in [1.165, 1.54) is 14.2 Å². The summed E-state index contributed by atoms with van der Waals surface area (Å²) in [5, 5.41) is 9.58. The lowest BCUT2D eigenvalue weighted by atomic mass is 9.87. The van der Waals surface area contributed by atoms with Crippen molar-refractivity contribution in [2.75, 3.05) is 26.1 Å². The Kier molecular flexibility index (Phi) is 8.36. The molecule has 2 atom stereocenters. The second-order valence-electron chi connectivity index (χ2n) is 7.48. The summed E-state index contributed by atoms with van der Waals surface area (Å²) in [4.78, 5) is 25.7. The zero-order chi connectivity index (χ0) is 24.8. The van der Waals surface area contributed by atoms with Crippen molar-refractivity contribution < 1.29 is 23.8 Å². The van der Waals surface area contributed by atoms with Crippen LogP contribution in [0.25, 0.3) is 0 Å². The number of nitrogens with one attached hydrogen (secondary N) is 3. The van der Waals surface area contributed by atoms with E-state index in [9.17, 15) is 9.59 Å². The van der Waals surface area contributed by atoms with E-state index in [2.05, 4.69) is 22.5 Å². The number of carbonyl (C=O) groups is 2. The summed E-state index contributed by atoms with van der Waals surface area (Å²) in [6.45, 7) is 6.44. The largest absolute Gasteiger partial charge is 0.493 e. The first kappa shape index (κ1) is 25.3. The van der Waals surface area contributed by atoms with Gasteiger partial charge in [-0.05, 0) is 36.8 Å². The molecule has 10 heteroatoms. The van der Waals surface area contributed by atoms with Crippen LogP contribution in [0.5, 0.6) is 11.5 Å². The van der Waals surface area contributed by atoms with Crippen LogP contribution < -0.4 is 25.4 Å². The average Bonchev–Trinajstić information content (AvgIpc) is 2.81. The van der Waals surface area contributed by atoms with Crippen LogP contribution in [0.3, 0.4) is 0 Å². The van der Waals surface area contributed by atoms with Crippen LogP contribution in [-0.4, -0.2) is 37.8 Å². The second kappa shape index (κ2) is 11.2. The Bertz CT molecular complexity index is 1120. The van der Waals surface area contributed by atoms with Crippen molar-refractivity contribution in [3.8, 4) is 11.5 Å². The summed E-state index contributed by atoms with van der Waals surface area (Å²) >= 11 is 11.7. The quantitative estimate of drug-likeness (QED) is 0.364. The summed E-state index contributed by atoms with van der Waals surface area (Å²) in [5.74, 6) is -0.944. The Morgan fingerprint density at radius 1 is 1.24 bits per heavy atom. The number of hydrogen-bond acceptors (Lipinski definition) is 6. The highest BCUT2D eigenvalue weighted by molar-refractivity contribution is 7.80. The highest BCUT2D eigenvalue weighted by Gasteiger charge is 2.39. The smallest absolute Gasteiger partial charge is 0.339 e. The van der Waals surface area contributed by atoms with Gasteiger partial charge in [0.05, 0.1) is 38.1 Å². The topological polar surface area (TPSA) is 97.9 Å². The fourth-order valence-corrected chi connectivity index (χ4v) is 4.15. The van der Waals surface area contributed by atoms with Gasteiger partial charge in [0.25, 0.3) is 0 Å². The highest BCUT2D eigenvalue weighted by atomic mass is 35.5. The van der Waals surface area contributed by atoms with Gasteiger partial charge in [-0.2, -0.15) is 0 Å². The number of hydrogen-bond donors (Lipinski definition) is 3. The molecule has 1 aliphatic rings. The van der Waals surface area contributed by atoms with Crippen molar-refractivity contribution in [1.29, 1.82) is 0 Å². The van der Waals surface area contributed by atoms with Gasteiger partial charge in [-0.3, -0.25) is 4.79 Å². The van der Waals surface area contributed by atoms with Gasteiger partial charge in [-0.15, -0.1) is 0 Å². The number of para-hydroxylation sites is 1.